The minimum absolute atomic E-state index is 0.0368. The van der Waals surface area contributed by atoms with Gasteiger partial charge in [-0.05, 0) is 86.0 Å². The average molecular weight is 330 g/mol. The zero-order chi connectivity index (χ0) is 17.1. The zero-order valence-electron chi connectivity index (χ0n) is 15.0. The largest absolute Gasteiger partial charge is 0.481 e. The number of rotatable bonds is 2. The highest BCUT2D eigenvalue weighted by Crippen LogP contribution is 2.67. The van der Waals surface area contributed by atoms with Crippen molar-refractivity contribution < 1.29 is 14.7 Å². The van der Waals surface area contributed by atoms with Crippen molar-refractivity contribution in [3.05, 3.63) is 11.6 Å². The van der Waals surface area contributed by atoms with Gasteiger partial charge in [0.2, 0.25) is 0 Å². The van der Waals surface area contributed by atoms with E-state index in [0.29, 0.717) is 30.0 Å². The number of hydrogen-bond donors (Lipinski definition) is 1. The number of hydrogen-bond acceptors (Lipinski definition) is 2. The number of carboxylic acid groups (broad SMARTS) is 1. The van der Waals surface area contributed by atoms with E-state index < -0.39 is 5.97 Å². The fourth-order valence-corrected chi connectivity index (χ4v) is 7.42. The first kappa shape index (κ1) is 16.4. The van der Waals surface area contributed by atoms with E-state index in [1.807, 2.05) is 6.08 Å². The molecule has 0 saturated heterocycles. The first-order chi connectivity index (χ1) is 11.4. The van der Waals surface area contributed by atoms with E-state index in [4.69, 9.17) is 0 Å². The summed E-state index contributed by atoms with van der Waals surface area (Å²) >= 11 is 0. The molecule has 0 heterocycles. The van der Waals surface area contributed by atoms with Gasteiger partial charge >= 0.3 is 5.97 Å². The lowest BCUT2D eigenvalue weighted by atomic mass is 9.46. The fourth-order valence-electron chi connectivity index (χ4n) is 7.42. The van der Waals surface area contributed by atoms with Crippen molar-refractivity contribution in [3.63, 3.8) is 0 Å². The lowest BCUT2D eigenvalue weighted by molar-refractivity contribution is -0.150. The van der Waals surface area contributed by atoms with E-state index in [1.54, 1.807) is 0 Å². The smallest absolute Gasteiger partial charge is 0.307 e. The Kier molecular flexibility index (Phi) is 3.71. The summed E-state index contributed by atoms with van der Waals surface area (Å²) in [7, 11) is 0. The molecular weight excluding hydrogens is 300 g/mol. The van der Waals surface area contributed by atoms with Crippen molar-refractivity contribution >= 4 is 11.8 Å². The third-order valence-corrected chi connectivity index (χ3v) is 8.63. The van der Waals surface area contributed by atoms with Crippen LogP contribution in [0.25, 0.3) is 0 Å². The molecular formula is C21H30O3. The molecule has 0 bridgehead atoms. The van der Waals surface area contributed by atoms with E-state index in [0.717, 1.165) is 51.4 Å². The molecule has 0 radical (unpaired) electrons. The van der Waals surface area contributed by atoms with Crippen molar-refractivity contribution in [2.45, 2.75) is 71.6 Å². The van der Waals surface area contributed by atoms with Crippen LogP contribution < -0.4 is 0 Å². The zero-order valence-corrected chi connectivity index (χ0v) is 15.0. The molecule has 0 aromatic heterocycles. The van der Waals surface area contributed by atoms with E-state index in [1.165, 1.54) is 5.57 Å². The van der Waals surface area contributed by atoms with E-state index in [9.17, 15) is 14.7 Å². The molecule has 1 N–H and O–H groups in total. The predicted molar refractivity (Wildman–Crippen MR) is 92.5 cm³/mol. The third kappa shape index (κ3) is 2.02. The molecule has 3 fully saturated rings. The van der Waals surface area contributed by atoms with E-state index in [2.05, 4.69) is 13.8 Å². The van der Waals surface area contributed by atoms with Gasteiger partial charge in [-0.2, -0.15) is 0 Å². The van der Waals surface area contributed by atoms with Crippen molar-refractivity contribution in [2.75, 3.05) is 0 Å². The van der Waals surface area contributed by atoms with Crippen LogP contribution in [0.5, 0.6) is 0 Å². The number of ketones is 1. The molecule has 3 heteroatoms. The first-order valence-electron chi connectivity index (χ1n) is 9.89. The molecule has 0 aromatic carbocycles. The van der Waals surface area contributed by atoms with Crippen LogP contribution in [-0.4, -0.2) is 16.9 Å². The third-order valence-electron chi connectivity index (χ3n) is 8.63. The Hall–Kier alpha value is -1.12. The van der Waals surface area contributed by atoms with Crippen LogP contribution in [0.3, 0.4) is 0 Å². The monoisotopic (exact) mass is 330 g/mol. The molecule has 24 heavy (non-hydrogen) atoms. The van der Waals surface area contributed by atoms with Crippen LogP contribution in [0.1, 0.15) is 71.6 Å². The van der Waals surface area contributed by atoms with Crippen molar-refractivity contribution in [1.29, 1.82) is 0 Å². The number of aliphatic carboxylic acids is 1. The Morgan fingerprint density at radius 3 is 2.67 bits per heavy atom. The summed E-state index contributed by atoms with van der Waals surface area (Å²) in [5.74, 6) is 1.51. The SMILES string of the molecule is CC[C@]12CC[C@H]3[C@@H](CCC4=CC(=O)CC[C@@]43C)[C@@H]1CCC2C(=O)O. The fraction of sp³-hybridized carbons (Fsp3) is 0.810. The molecule has 0 amide bonds. The Morgan fingerprint density at radius 1 is 1.17 bits per heavy atom. The molecule has 3 saturated carbocycles. The summed E-state index contributed by atoms with van der Waals surface area (Å²) in [5, 5.41) is 9.77. The summed E-state index contributed by atoms with van der Waals surface area (Å²) in [6.07, 6.45) is 11.1. The highest BCUT2D eigenvalue weighted by atomic mass is 16.4. The Balaban J connectivity index is 1.69. The Labute approximate surface area is 144 Å². The van der Waals surface area contributed by atoms with Crippen molar-refractivity contribution in [2.24, 2.45) is 34.5 Å². The highest BCUT2D eigenvalue weighted by molar-refractivity contribution is 5.91. The minimum atomic E-state index is -0.566. The lowest BCUT2D eigenvalue weighted by Gasteiger charge is -2.58. The minimum Gasteiger partial charge on any atom is -0.481 e. The number of carbonyl (C=O) groups excluding carboxylic acids is 1. The quantitative estimate of drug-likeness (QED) is 0.804. The van der Waals surface area contributed by atoms with Gasteiger partial charge in [0, 0.05) is 6.42 Å². The summed E-state index contributed by atoms with van der Waals surface area (Å²) in [6, 6.07) is 0. The second-order valence-electron chi connectivity index (χ2n) is 9.06. The topological polar surface area (TPSA) is 54.4 Å². The second kappa shape index (κ2) is 5.44. The molecule has 4 rings (SSSR count). The summed E-state index contributed by atoms with van der Waals surface area (Å²) in [4.78, 5) is 23.7. The number of carboxylic acids is 1. The van der Waals surface area contributed by atoms with E-state index in [-0.39, 0.29) is 16.7 Å². The maximum absolute atomic E-state index is 11.9. The highest BCUT2D eigenvalue weighted by Gasteiger charge is 2.61. The average Bonchev–Trinajstić information content (AvgIpc) is 2.95. The number of allylic oxidation sites excluding steroid dienone is 1. The van der Waals surface area contributed by atoms with Crippen LogP contribution in [0, 0.1) is 34.5 Å². The van der Waals surface area contributed by atoms with Gasteiger partial charge in [-0.25, -0.2) is 0 Å². The Bertz CT molecular complexity index is 606. The van der Waals surface area contributed by atoms with Crippen LogP contribution in [0.4, 0.5) is 0 Å². The molecule has 1 unspecified atom stereocenters. The van der Waals surface area contributed by atoms with Gasteiger partial charge in [0.25, 0.3) is 0 Å². The van der Waals surface area contributed by atoms with Gasteiger partial charge in [-0.3, -0.25) is 9.59 Å². The summed E-state index contributed by atoms with van der Waals surface area (Å²) in [6.45, 7) is 4.61. The first-order valence-corrected chi connectivity index (χ1v) is 9.89. The van der Waals surface area contributed by atoms with Gasteiger partial charge in [-0.15, -0.1) is 0 Å². The van der Waals surface area contributed by atoms with Crippen LogP contribution in [-0.2, 0) is 9.59 Å². The molecule has 132 valence electrons. The standard InChI is InChI=1S/C21H30O3/c1-3-21-11-9-16-15(17(21)6-7-18(21)19(23)24)5-4-13-12-14(22)8-10-20(13,16)2/h12,15-18H,3-11H2,1-2H3,(H,23,24)/t15-,16+,17+,18?,20+,21+/m1/s1. The molecule has 3 nitrogen and oxygen atoms in total. The van der Waals surface area contributed by atoms with Gasteiger partial charge in [0.1, 0.15) is 0 Å². The van der Waals surface area contributed by atoms with E-state index >= 15 is 0 Å². The molecule has 0 aromatic rings. The molecule has 6 atom stereocenters. The van der Waals surface area contributed by atoms with Gasteiger partial charge in [0.05, 0.1) is 5.92 Å². The number of fused-ring (bicyclic) bond motifs is 5. The molecule has 0 aliphatic heterocycles. The van der Waals surface area contributed by atoms with Gasteiger partial charge in [0.15, 0.2) is 5.78 Å². The Morgan fingerprint density at radius 2 is 1.96 bits per heavy atom. The lowest BCUT2D eigenvalue weighted by Crippen LogP contribution is -2.51. The summed E-state index contributed by atoms with van der Waals surface area (Å²) < 4.78 is 0. The molecule has 0 spiro atoms. The van der Waals surface area contributed by atoms with Crippen LogP contribution >= 0.6 is 0 Å². The second-order valence-corrected chi connectivity index (χ2v) is 9.06. The van der Waals surface area contributed by atoms with Crippen molar-refractivity contribution in [1.82, 2.24) is 0 Å². The maximum Gasteiger partial charge on any atom is 0.307 e. The number of carbonyl (C=O) groups is 2. The molecule has 4 aliphatic rings. The van der Waals surface area contributed by atoms with Crippen LogP contribution in [0.15, 0.2) is 11.6 Å². The molecule has 4 aliphatic carbocycles. The van der Waals surface area contributed by atoms with Crippen LogP contribution in [0.2, 0.25) is 0 Å². The maximum atomic E-state index is 11.9. The van der Waals surface area contributed by atoms with Gasteiger partial charge in [-0.1, -0.05) is 19.4 Å². The van der Waals surface area contributed by atoms with Gasteiger partial charge < -0.3 is 5.11 Å². The summed E-state index contributed by atoms with van der Waals surface area (Å²) in [5.41, 5.74) is 1.63. The van der Waals surface area contributed by atoms with Crippen molar-refractivity contribution in [3.8, 4) is 0 Å². The predicted octanol–water partition coefficient (Wildman–Crippen LogP) is 4.61. The normalized spacial score (nSPS) is 47.4.